The van der Waals surface area contributed by atoms with Crippen molar-refractivity contribution in [2.45, 2.75) is 44.4 Å². The first-order valence-corrected chi connectivity index (χ1v) is 6.64. The topological polar surface area (TPSA) is 75.6 Å². The predicted molar refractivity (Wildman–Crippen MR) is 65.0 cm³/mol. The molecular weight excluding hydrogens is 258 g/mol. The number of nitrogens with one attached hydrogen (secondary N) is 1. The third-order valence-electron chi connectivity index (χ3n) is 4.18. The van der Waals surface area contributed by atoms with Crippen LogP contribution >= 0.6 is 11.6 Å². The van der Waals surface area contributed by atoms with Crippen molar-refractivity contribution in [1.82, 2.24) is 5.32 Å². The fourth-order valence-corrected chi connectivity index (χ4v) is 3.28. The number of halogens is 1. The summed E-state index contributed by atoms with van der Waals surface area (Å²) in [6.45, 7) is 5.29. The zero-order chi connectivity index (χ0) is 13.7. The lowest BCUT2D eigenvalue weighted by Crippen LogP contribution is -2.79. The van der Waals surface area contributed by atoms with E-state index in [1.54, 1.807) is 20.8 Å². The molecule has 4 unspecified atom stereocenters. The van der Waals surface area contributed by atoms with Crippen molar-refractivity contribution in [2.24, 2.45) is 11.8 Å². The maximum absolute atomic E-state index is 12.0. The standard InChI is InChI=1S/C12H18ClNO4/c1-6(2)8(15)12-10(17)18-11(12,3)7(4-5-13)9(16)14-12/h6-8,15H,4-5H2,1-3H3,(H,14,16). The molecule has 2 rings (SSSR count). The molecule has 0 saturated carbocycles. The number of amides is 1. The molecule has 6 heteroatoms. The predicted octanol–water partition coefficient (Wildman–Crippen LogP) is 0.432. The number of carbonyl (C=O) groups excluding carboxylic acids is 2. The van der Waals surface area contributed by atoms with E-state index < -0.39 is 29.1 Å². The largest absolute Gasteiger partial charge is 0.453 e. The maximum Gasteiger partial charge on any atom is 0.339 e. The third kappa shape index (κ3) is 1.37. The molecular formula is C12H18ClNO4. The quantitative estimate of drug-likeness (QED) is 0.576. The molecule has 2 aliphatic heterocycles. The molecule has 2 N–H and O–H groups in total. The molecule has 0 radical (unpaired) electrons. The van der Waals surface area contributed by atoms with Crippen LogP contribution in [0.25, 0.3) is 0 Å². The number of aliphatic hydroxyl groups excluding tert-OH is 1. The summed E-state index contributed by atoms with van der Waals surface area (Å²) in [5.41, 5.74) is -2.31. The lowest BCUT2D eigenvalue weighted by molar-refractivity contribution is -0.238. The van der Waals surface area contributed by atoms with Crippen LogP contribution in [0, 0.1) is 11.8 Å². The number of alkyl halides is 1. The zero-order valence-corrected chi connectivity index (χ0v) is 11.5. The van der Waals surface area contributed by atoms with Gasteiger partial charge in [-0.05, 0) is 19.3 Å². The molecule has 0 aromatic heterocycles. The summed E-state index contributed by atoms with van der Waals surface area (Å²) in [7, 11) is 0. The Morgan fingerprint density at radius 1 is 1.50 bits per heavy atom. The van der Waals surface area contributed by atoms with Gasteiger partial charge in [-0.15, -0.1) is 11.6 Å². The summed E-state index contributed by atoms with van der Waals surface area (Å²) < 4.78 is 5.22. The number of fused-ring (bicyclic) bond motifs is 1. The van der Waals surface area contributed by atoms with Gasteiger partial charge in [-0.3, -0.25) is 4.79 Å². The van der Waals surface area contributed by atoms with Gasteiger partial charge in [0.15, 0.2) is 5.60 Å². The minimum atomic E-state index is -1.31. The first kappa shape index (κ1) is 13.6. The van der Waals surface area contributed by atoms with Crippen molar-refractivity contribution < 1.29 is 19.4 Å². The molecule has 0 spiro atoms. The summed E-state index contributed by atoms with van der Waals surface area (Å²) in [6, 6.07) is 0. The summed E-state index contributed by atoms with van der Waals surface area (Å²) in [4.78, 5) is 23.8. The molecule has 2 saturated heterocycles. The molecule has 2 fully saturated rings. The average molecular weight is 276 g/mol. The summed E-state index contributed by atoms with van der Waals surface area (Å²) in [6.07, 6.45) is -0.544. The summed E-state index contributed by atoms with van der Waals surface area (Å²) in [5, 5.41) is 12.9. The molecule has 0 bridgehead atoms. The number of rotatable bonds is 4. The van der Waals surface area contributed by atoms with Gasteiger partial charge in [-0.2, -0.15) is 0 Å². The zero-order valence-electron chi connectivity index (χ0n) is 10.7. The van der Waals surface area contributed by atoms with E-state index in [9.17, 15) is 14.7 Å². The van der Waals surface area contributed by atoms with Gasteiger partial charge >= 0.3 is 5.97 Å². The molecule has 0 aliphatic carbocycles. The van der Waals surface area contributed by atoms with Crippen molar-refractivity contribution in [3.63, 3.8) is 0 Å². The highest BCUT2D eigenvalue weighted by Gasteiger charge is 2.79. The molecule has 4 atom stereocenters. The normalized spacial score (nSPS) is 40.0. The summed E-state index contributed by atoms with van der Waals surface area (Å²) >= 11 is 5.69. The Kier molecular flexibility index (Phi) is 3.10. The number of hydrogen-bond donors (Lipinski definition) is 2. The Bertz CT molecular complexity index is 400. The Balaban J connectivity index is 2.40. The summed E-state index contributed by atoms with van der Waals surface area (Å²) in [5.74, 6) is -1.19. The van der Waals surface area contributed by atoms with E-state index in [-0.39, 0.29) is 11.8 Å². The van der Waals surface area contributed by atoms with Crippen LogP contribution < -0.4 is 5.32 Å². The van der Waals surface area contributed by atoms with Gasteiger partial charge < -0.3 is 15.2 Å². The maximum atomic E-state index is 12.0. The second-order valence-corrected chi connectivity index (χ2v) is 5.89. The first-order chi connectivity index (χ1) is 8.31. The van der Waals surface area contributed by atoms with Crippen molar-refractivity contribution in [1.29, 1.82) is 0 Å². The highest BCUT2D eigenvalue weighted by molar-refractivity contribution is 6.18. The van der Waals surface area contributed by atoms with Crippen LogP contribution in [0.2, 0.25) is 0 Å². The lowest BCUT2D eigenvalue weighted by Gasteiger charge is -2.54. The van der Waals surface area contributed by atoms with Crippen LogP contribution in [0.15, 0.2) is 0 Å². The molecule has 18 heavy (non-hydrogen) atoms. The van der Waals surface area contributed by atoms with E-state index in [4.69, 9.17) is 16.3 Å². The van der Waals surface area contributed by atoms with Crippen LogP contribution in [0.3, 0.4) is 0 Å². The average Bonchev–Trinajstić information content (AvgIpc) is 2.46. The fraction of sp³-hybridized carbons (Fsp3) is 0.833. The van der Waals surface area contributed by atoms with Gasteiger partial charge in [-0.25, -0.2) is 4.79 Å². The molecule has 2 aliphatic rings. The molecule has 2 heterocycles. The van der Waals surface area contributed by atoms with E-state index in [1.165, 1.54) is 0 Å². The van der Waals surface area contributed by atoms with Gasteiger partial charge in [0.05, 0.1) is 12.0 Å². The SMILES string of the molecule is CC(C)C(O)C12NC(=O)C(CCCl)C1(C)OC2=O. The smallest absolute Gasteiger partial charge is 0.339 e. The first-order valence-electron chi connectivity index (χ1n) is 6.10. The minimum absolute atomic E-state index is 0.160. The molecule has 0 aromatic carbocycles. The van der Waals surface area contributed by atoms with Gasteiger partial charge in [0.1, 0.15) is 0 Å². The molecule has 102 valence electrons. The van der Waals surface area contributed by atoms with Gasteiger partial charge in [0.25, 0.3) is 0 Å². The van der Waals surface area contributed by atoms with Crippen LogP contribution in [0.1, 0.15) is 27.2 Å². The van der Waals surface area contributed by atoms with E-state index in [0.717, 1.165) is 0 Å². The number of carbonyl (C=O) groups is 2. The van der Waals surface area contributed by atoms with Gasteiger partial charge in [-0.1, -0.05) is 13.8 Å². The van der Waals surface area contributed by atoms with Crippen LogP contribution in [0.5, 0.6) is 0 Å². The second-order valence-electron chi connectivity index (χ2n) is 5.51. The van der Waals surface area contributed by atoms with Crippen molar-refractivity contribution in [2.75, 3.05) is 5.88 Å². The van der Waals surface area contributed by atoms with Crippen molar-refractivity contribution in [3.05, 3.63) is 0 Å². The fourth-order valence-electron chi connectivity index (χ4n) is 3.07. The number of esters is 1. The lowest BCUT2D eigenvalue weighted by atomic mass is 9.66. The monoisotopic (exact) mass is 275 g/mol. The van der Waals surface area contributed by atoms with Crippen LogP contribution in [-0.4, -0.2) is 40.1 Å². The second kappa shape index (κ2) is 4.10. The van der Waals surface area contributed by atoms with Crippen molar-refractivity contribution >= 4 is 23.5 Å². The Labute approximate surface area is 111 Å². The number of ether oxygens (including phenoxy) is 1. The van der Waals surface area contributed by atoms with Crippen molar-refractivity contribution in [3.8, 4) is 0 Å². The Morgan fingerprint density at radius 3 is 2.56 bits per heavy atom. The van der Waals surface area contributed by atoms with Gasteiger partial charge in [0.2, 0.25) is 11.4 Å². The molecule has 0 aromatic rings. The Hall–Kier alpha value is -0.810. The minimum Gasteiger partial charge on any atom is -0.453 e. The van der Waals surface area contributed by atoms with E-state index >= 15 is 0 Å². The van der Waals surface area contributed by atoms with Crippen LogP contribution in [0.4, 0.5) is 0 Å². The highest BCUT2D eigenvalue weighted by Crippen LogP contribution is 2.52. The number of hydrogen-bond acceptors (Lipinski definition) is 4. The van der Waals surface area contributed by atoms with E-state index in [1.807, 2.05) is 0 Å². The number of aliphatic hydroxyl groups is 1. The highest BCUT2D eigenvalue weighted by atomic mass is 35.5. The third-order valence-corrected chi connectivity index (χ3v) is 4.40. The van der Waals surface area contributed by atoms with Crippen LogP contribution in [-0.2, 0) is 14.3 Å². The molecule has 1 amide bonds. The van der Waals surface area contributed by atoms with E-state index in [2.05, 4.69) is 5.32 Å². The van der Waals surface area contributed by atoms with Gasteiger partial charge in [0, 0.05) is 5.88 Å². The van der Waals surface area contributed by atoms with E-state index in [0.29, 0.717) is 12.3 Å². The molecule has 5 nitrogen and oxygen atoms in total. The Morgan fingerprint density at radius 2 is 2.11 bits per heavy atom.